The molecule has 2 amide bonds. The van der Waals surface area contributed by atoms with Crippen LogP contribution in [0, 0.1) is 0 Å². The first kappa shape index (κ1) is 17.5. The highest BCUT2D eigenvalue weighted by Gasteiger charge is 2.07. The quantitative estimate of drug-likeness (QED) is 0.640. The van der Waals surface area contributed by atoms with Gasteiger partial charge in [-0.15, -0.1) is 0 Å². The van der Waals surface area contributed by atoms with Crippen molar-refractivity contribution in [1.29, 1.82) is 0 Å². The van der Waals surface area contributed by atoms with E-state index in [2.05, 4.69) is 15.8 Å². The Morgan fingerprint density at radius 1 is 1.08 bits per heavy atom. The summed E-state index contributed by atoms with van der Waals surface area (Å²) in [5.41, 5.74) is 3.58. The normalized spacial score (nSPS) is 11.2. The van der Waals surface area contributed by atoms with Gasteiger partial charge in [-0.25, -0.2) is 18.6 Å². The molecule has 0 saturated heterocycles. The van der Waals surface area contributed by atoms with Gasteiger partial charge in [0.2, 0.25) is 0 Å². The van der Waals surface area contributed by atoms with Gasteiger partial charge >= 0.3 is 6.03 Å². The molecule has 0 aliphatic carbocycles. The number of ether oxygens (including phenoxy) is 1. The molecule has 0 aromatic heterocycles. The van der Waals surface area contributed by atoms with Crippen LogP contribution in [0.1, 0.15) is 5.56 Å². The van der Waals surface area contributed by atoms with Crippen molar-refractivity contribution < 1.29 is 17.9 Å². The Bertz CT molecular complexity index is 829. The summed E-state index contributed by atoms with van der Waals surface area (Å²) in [7, 11) is -1.68. The number of carbonyl (C=O) groups is 1. The van der Waals surface area contributed by atoms with Crippen LogP contribution in [-0.4, -0.2) is 34.0 Å². The Kier molecular flexibility index (Phi) is 5.54. The van der Waals surface area contributed by atoms with E-state index in [1.807, 2.05) is 0 Å². The third kappa shape index (κ3) is 5.10. The molecular formula is C16H17N3O4S. The number of hydrazone groups is 1. The van der Waals surface area contributed by atoms with Crippen molar-refractivity contribution in [3.8, 4) is 5.75 Å². The molecule has 2 rings (SSSR count). The van der Waals surface area contributed by atoms with Crippen LogP contribution in [0.4, 0.5) is 10.5 Å². The molecule has 0 aliphatic heterocycles. The van der Waals surface area contributed by atoms with Gasteiger partial charge in [-0.3, -0.25) is 0 Å². The van der Waals surface area contributed by atoms with Crippen LogP contribution in [0.5, 0.6) is 5.75 Å². The Labute approximate surface area is 140 Å². The predicted molar refractivity (Wildman–Crippen MR) is 92.3 cm³/mol. The monoisotopic (exact) mass is 347 g/mol. The molecule has 24 heavy (non-hydrogen) atoms. The van der Waals surface area contributed by atoms with Gasteiger partial charge in [0, 0.05) is 11.9 Å². The van der Waals surface area contributed by atoms with E-state index >= 15 is 0 Å². The first-order valence-electron chi connectivity index (χ1n) is 6.93. The van der Waals surface area contributed by atoms with Gasteiger partial charge in [0.15, 0.2) is 9.84 Å². The predicted octanol–water partition coefficient (Wildman–Crippen LogP) is 2.25. The summed E-state index contributed by atoms with van der Waals surface area (Å²) in [6, 6.07) is 12.5. The number of urea groups is 1. The number of methoxy groups -OCH3 is 1. The minimum Gasteiger partial charge on any atom is -0.497 e. The lowest BCUT2D eigenvalue weighted by molar-refractivity contribution is 0.252. The Balaban J connectivity index is 1.89. The number of nitrogens with one attached hydrogen (secondary N) is 2. The van der Waals surface area contributed by atoms with Gasteiger partial charge in [0.05, 0.1) is 18.2 Å². The molecular weight excluding hydrogens is 330 g/mol. The highest BCUT2D eigenvalue weighted by atomic mass is 32.2. The lowest BCUT2D eigenvalue weighted by Gasteiger charge is -2.05. The lowest BCUT2D eigenvalue weighted by Crippen LogP contribution is -2.24. The van der Waals surface area contributed by atoms with Crippen molar-refractivity contribution in [3.63, 3.8) is 0 Å². The summed E-state index contributed by atoms with van der Waals surface area (Å²) in [6.07, 6.45) is 2.61. The van der Waals surface area contributed by atoms with Crippen LogP contribution in [0.25, 0.3) is 0 Å². The highest BCUT2D eigenvalue weighted by Crippen LogP contribution is 2.13. The molecule has 0 heterocycles. The summed E-state index contributed by atoms with van der Waals surface area (Å²) in [4.78, 5) is 11.9. The second-order valence-electron chi connectivity index (χ2n) is 4.89. The maximum Gasteiger partial charge on any atom is 0.339 e. The average Bonchev–Trinajstić information content (AvgIpc) is 2.55. The standard InChI is InChI=1S/C16H17N3O4S/c1-23-14-7-3-12(4-8-14)11-17-19-16(20)18-13-5-9-15(10-6-13)24(2,21)22/h3-11H,1-2H3,(H2,18,19,20)/b17-11-. The van der Waals surface area contributed by atoms with Crippen molar-refractivity contribution in [2.24, 2.45) is 5.10 Å². The van der Waals surface area contributed by atoms with E-state index in [4.69, 9.17) is 4.74 Å². The van der Waals surface area contributed by atoms with Gasteiger partial charge < -0.3 is 10.1 Å². The number of sulfone groups is 1. The number of anilines is 1. The van der Waals surface area contributed by atoms with E-state index in [-0.39, 0.29) is 4.90 Å². The lowest BCUT2D eigenvalue weighted by atomic mass is 10.2. The van der Waals surface area contributed by atoms with E-state index in [1.165, 1.54) is 30.5 Å². The number of amides is 2. The van der Waals surface area contributed by atoms with Crippen LogP contribution in [0.3, 0.4) is 0 Å². The third-order valence-electron chi connectivity index (χ3n) is 3.04. The van der Waals surface area contributed by atoms with Crippen molar-refractivity contribution in [1.82, 2.24) is 5.43 Å². The van der Waals surface area contributed by atoms with Crippen LogP contribution >= 0.6 is 0 Å². The van der Waals surface area contributed by atoms with Gasteiger partial charge in [-0.1, -0.05) is 0 Å². The molecule has 0 radical (unpaired) electrons. The molecule has 0 aliphatic rings. The molecule has 2 aromatic rings. The number of benzene rings is 2. The number of carbonyl (C=O) groups excluding carboxylic acids is 1. The summed E-state index contributed by atoms with van der Waals surface area (Å²) < 4.78 is 27.8. The maximum atomic E-state index is 11.7. The molecule has 0 saturated carbocycles. The molecule has 2 N–H and O–H groups in total. The molecule has 7 nitrogen and oxygen atoms in total. The van der Waals surface area contributed by atoms with Gasteiger partial charge in [-0.05, 0) is 54.1 Å². The number of hydrogen-bond donors (Lipinski definition) is 2. The molecule has 0 bridgehead atoms. The second-order valence-corrected chi connectivity index (χ2v) is 6.91. The number of hydrogen-bond acceptors (Lipinski definition) is 5. The van der Waals surface area contributed by atoms with E-state index < -0.39 is 15.9 Å². The molecule has 8 heteroatoms. The van der Waals surface area contributed by atoms with Crippen LogP contribution < -0.4 is 15.5 Å². The second kappa shape index (κ2) is 7.60. The fraction of sp³-hybridized carbons (Fsp3) is 0.125. The van der Waals surface area contributed by atoms with E-state index in [9.17, 15) is 13.2 Å². The average molecular weight is 347 g/mol. The third-order valence-corrected chi connectivity index (χ3v) is 4.16. The van der Waals surface area contributed by atoms with Crippen molar-refractivity contribution >= 4 is 27.8 Å². The highest BCUT2D eigenvalue weighted by molar-refractivity contribution is 7.90. The number of rotatable bonds is 5. The maximum absolute atomic E-state index is 11.7. The van der Waals surface area contributed by atoms with E-state index in [1.54, 1.807) is 31.4 Å². The summed E-state index contributed by atoms with van der Waals surface area (Å²) >= 11 is 0. The topological polar surface area (TPSA) is 96.9 Å². The van der Waals surface area contributed by atoms with Gasteiger partial charge in [-0.2, -0.15) is 5.10 Å². The first-order valence-corrected chi connectivity index (χ1v) is 8.82. The molecule has 0 spiro atoms. The van der Waals surface area contributed by atoms with E-state index in [0.717, 1.165) is 17.6 Å². The Hall–Kier alpha value is -2.87. The first-order chi connectivity index (χ1) is 11.4. The SMILES string of the molecule is COc1ccc(/C=N\NC(=O)Nc2ccc(S(C)(=O)=O)cc2)cc1. The zero-order valence-corrected chi connectivity index (χ0v) is 14.0. The zero-order chi connectivity index (χ0) is 17.6. The van der Waals surface area contributed by atoms with Gasteiger partial charge in [0.1, 0.15) is 5.75 Å². The Morgan fingerprint density at radius 3 is 2.25 bits per heavy atom. The van der Waals surface area contributed by atoms with Crippen molar-refractivity contribution in [2.45, 2.75) is 4.90 Å². The Morgan fingerprint density at radius 2 is 1.71 bits per heavy atom. The summed E-state index contributed by atoms with van der Waals surface area (Å²) in [5, 5.41) is 6.37. The smallest absolute Gasteiger partial charge is 0.339 e. The van der Waals surface area contributed by atoms with Crippen LogP contribution in [0.15, 0.2) is 58.5 Å². The van der Waals surface area contributed by atoms with Crippen molar-refractivity contribution in [3.05, 3.63) is 54.1 Å². The minimum absolute atomic E-state index is 0.186. The molecule has 0 unspecified atom stereocenters. The van der Waals surface area contributed by atoms with Crippen molar-refractivity contribution in [2.75, 3.05) is 18.7 Å². The van der Waals surface area contributed by atoms with Crippen LogP contribution in [-0.2, 0) is 9.84 Å². The molecule has 126 valence electrons. The summed E-state index contributed by atoms with van der Waals surface area (Å²) in [6.45, 7) is 0. The molecule has 0 fully saturated rings. The van der Waals surface area contributed by atoms with Gasteiger partial charge in [0.25, 0.3) is 0 Å². The number of nitrogens with zero attached hydrogens (tertiary/aromatic N) is 1. The van der Waals surface area contributed by atoms with Crippen LogP contribution in [0.2, 0.25) is 0 Å². The zero-order valence-electron chi connectivity index (χ0n) is 13.2. The fourth-order valence-corrected chi connectivity index (χ4v) is 2.43. The molecule has 2 aromatic carbocycles. The largest absolute Gasteiger partial charge is 0.497 e. The fourth-order valence-electron chi connectivity index (χ4n) is 1.80. The van der Waals surface area contributed by atoms with E-state index in [0.29, 0.717) is 5.69 Å². The molecule has 0 atom stereocenters. The summed E-state index contributed by atoms with van der Waals surface area (Å²) in [5.74, 6) is 0.732. The minimum atomic E-state index is -3.26.